The van der Waals surface area contributed by atoms with Crippen molar-refractivity contribution in [1.29, 1.82) is 0 Å². The molecule has 1 aromatic rings. The number of hydrogen-bond acceptors (Lipinski definition) is 2. The summed E-state index contributed by atoms with van der Waals surface area (Å²) < 4.78 is 43.6. The number of rotatable bonds is 3. The fourth-order valence-corrected chi connectivity index (χ4v) is 2.38. The van der Waals surface area contributed by atoms with E-state index in [1.807, 2.05) is 7.05 Å². The third kappa shape index (κ3) is 3.62. The summed E-state index contributed by atoms with van der Waals surface area (Å²) in [6, 6.07) is 4.15. The number of aryl methyl sites for hydroxylation is 1. The fraction of sp³-hybridized carbons (Fsp3) is 0.571. The normalized spacial score (nSPS) is 20.8. The summed E-state index contributed by atoms with van der Waals surface area (Å²) >= 11 is 0. The summed E-state index contributed by atoms with van der Waals surface area (Å²) in [5.74, 6) is 0.299. The molecule has 1 heterocycles. The number of hydrogen-bond donors (Lipinski definition) is 0. The molecule has 1 saturated heterocycles. The highest BCUT2D eigenvalue weighted by atomic mass is 19.4. The molecule has 0 amide bonds. The molecule has 0 N–H and O–H groups in total. The van der Waals surface area contributed by atoms with Crippen molar-refractivity contribution in [3.05, 3.63) is 29.3 Å². The van der Waals surface area contributed by atoms with Gasteiger partial charge in [0.2, 0.25) is 0 Å². The van der Waals surface area contributed by atoms with Crippen LogP contribution >= 0.6 is 0 Å². The zero-order valence-electron chi connectivity index (χ0n) is 11.1. The number of ether oxygens (including phenoxy) is 1. The van der Waals surface area contributed by atoms with Crippen LogP contribution < -0.4 is 4.74 Å². The Bertz CT molecular complexity index is 445. The first-order valence-electron chi connectivity index (χ1n) is 6.38. The Morgan fingerprint density at radius 2 is 2.05 bits per heavy atom. The Kier molecular flexibility index (Phi) is 4.04. The topological polar surface area (TPSA) is 12.5 Å². The van der Waals surface area contributed by atoms with Crippen LogP contribution in [-0.2, 0) is 6.18 Å². The first-order chi connectivity index (χ1) is 8.86. The van der Waals surface area contributed by atoms with Gasteiger partial charge in [-0.15, -0.1) is 0 Å². The van der Waals surface area contributed by atoms with Crippen molar-refractivity contribution in [2.24, 2.45) is 0 Å². The number of nitrogens with zero attached hydrogens (tertiary/aromatic N) is 1. The summed E-state index contributed by atoms with van der Waals surface area (Å²) in [6.45, 7) is 3.11. The maximum absolute atomic E-state index is 12.7. The molecule has 0 aromatic heterocycles. The lowest BCUT2D eigenvalue weighted by Gasteiger charge is -2.20. The molecule has 0 bridgehead atoms. The molecule has 19 heavy (non-hydrogen) atoms. The highest BCUT2D eigenvalue weighted by molar-refractivity contribution is 5.35. The first kappa shape index (κ1) is 14.2. The Morgan fingerprint density at radius 3 is 2.63 bits per heavy atom. The average Bonchev–Trinajstić information content (AvgIpc) is 2.70. The molecule has 0 radical (unpaired) electrons. The van der Waals surface area contributed by atoms with Gasteiger partial charge in [-0.05, 0) is 57.1 Å². The van der Waals surface area contributed by atoms with Crippen LogP contribution in [0.5, 0.6) is 5.75 Å². The lowest BCUT2D eigenvalue weighted by Crippen LogP contribution is -2.30. The van der Waals surface area contributed by atoms with Crippen molar-refractivity contribution in [2.75, 3.05) is 20.2 Å². The Labute approximate surface area is 111 Å². The lowest BCUT2D eigenvalue weighted by molar-refractivity contribution is -0.137. The van der Waals surface area contributed by atoms with Gasteiger partial charge in [-0.1, -0.05) is 0 Å². The Hall–Kier alpha value is -1.23. The van der Waals surface area contributed by atoms with Gasteiger partial charge in [-0.25, -0.2) is 0 Å². The van der Waals surface area contributed by atoms with Gasteiger partial charge in [0.05, 0.1) is 5.56 Å². The van der Waals surface area contributed by atoms with Crippen LogP contribution in [0.3, 0.4) is 0 Å². The van der Waals surface area contributed by atoms with Crippen LogP contribution in [0.25, 0.3) is 0 Å². The van der Waals surface area contributed by atoms with Crippen LogP contribution in [-0.4, -0.2) is 31.1 Å². The maximum Gasteiger partial charge on any atom is 0.416 e. The SMILES string of the molecule is Cc1cc(OCC2CCCN2C)cc(C(F)(F)F)c1. The smallest absolute Gasteiger partial charge is 0.416 e. The van der Waals surface area contributed by atoms with Crippen molar-refractivity contribution < 1.29 is 17.9 Å². The molecule has 0 saturated carbocycles. The molecule has 1 fully saturated rings. The highest BCUT2D eigenvalue weighted by Gasteiger charge is 2.31. The molecule has 106 valence electrons. The number of alkyl halides is 3. The number of benzene rings is 1. The van der Waals surface area contributed by atoms with Crippen molar-refractivity contribution in [3.63, 3.8) is 0 Å². The third-order valence-corrected chi connectivity index (χ3v) is 3.49. The monoisotopic (exact) mass is 273 g/mol. The van der Waals surface area contributed by atoms with Gasteiger partial charge in [0.15, 0.2) is 0 Å². The van der Waals surface area contributed by atoms with Crippen LogP contribution in [0.1, 0.15) is 24.0 Å². The zero-order chi connectivity index (χ0) is 14.0. The van der Waals surface area contributed by atoms with Crippen molar-refractivity contribution >= 4 is 0 Å². The summed E-state index contributed by atoms with van der Waals surface area (Å²) in [6.07, 6.45) is -2.17. The molecule has 0 spiro atoms. The van der Waals surface area contributed by atoms with E-state index in [9.17, 15) is 13.2 Å². The standard InChI is InChI=1S/C14H18F3NO/c1-10-6-11(14(15,16)17)8-13(7-10)19-9-12-4-3-5-18(12)2/h6-8,12H,3-5,9H2,1-2H3. The van der Waals surface area contributed by atoms with Crippen LogP contribution in [0.2, 0.25) is 0 Å². The van der Waals surface area contributed by atoms with E-state index in [2.05, 4.69) is 4.90 Å². The minimum Gasteiger partial charge on any atom is -0.492 e. The molecular formula is C14H18F3NO. The molecule has 0 aliphatic carbocycles. The van der Waals surface area contributed by atoms with Gasteiger partial charge in [0.1, 0.15) is 12.4 Å². The minimum absolute atomic E-state index is 0.299. The van der Waals surface area contributed by atoms with Crippen LogP contribution in [0, 0.1) is 6.92 Å². The quantitative estimate of drug-likeness (QED) is 0.836. The van der Waals surface area contributed by atoms with Crippen LogP contribution in [0.4, 0.5) is 13.2 Å². The first-order valence-corrected chi connectivity index (χ1v) is 6.38. The average molecular weight is 273 g/mol. The van der Waals surface area contributed by atoms with Gasteiger partial charge in [-0.3, -0.25) is 0 Å². The molecule has 5 heteroatoms. The lowest BCUT2D eigenvalue weighted by atomic mass is 10.1. The number of halogens is 3. The highest BCUT2D eigenvalue weighted by Crippen LogP contribution is 2.32. The van der Waals surface area contributed by atoms with Crippen LogP contribution in [0.15, 0.2) is 18.2 Å². The van der Waals surface area contributed by atoms with Crippen molar-refractivity contribution in [2.45, 2.75) is 32.0 Å². The largest absolute Gasteiger partial charge is 0.492 e. The molecule has 2 rings (SSSR count). The second-order valence-electron chi connectivity index (χ2n) is 5.12. The summed E-state index contributed by atoms with van der Waals surface area (Å²) in [5.41, 5.74) is -0.0909. The summed E-state index contributed by atoms with van der Waals surface area (Å²) in [4.78, 5) is 2.18. The fourth-order valence-electron chi connectivity index (χ4n) is 2.38. The molecule has 2 nitrogen and oxygen atoms in total. The maximum atomic E-state index is 12.7. The molecule has 1 atom stereocenters. The Morgan fingerprint density at radius 1 is 1.32 bits per heavy atom. The van der Waals surface area contributed by atoms with E-state index in [1.165, 1.54) is 0 Å². The van der Waals surface area contributed by atoms with Gasteiger partial charge >= 0.3 is 6.18 Å². The minimum atomic E-state index is -4.33. The molecule has 1 aromatic carbocycles. The Balaban J connectivity index is 2.06. The van der Waals surface area contributed by atoms with E-state index in [-0.39, 0.29) is 0 Å². The second kappa shape index (κ2) is 5.41. The number of likely N-dealkylation sites (tertiary alicyclic amines) is 1. The third-order valence-electron chi connectivity index (χ3n) is 3.49. The second-order valence-corrected chi connectivity index (χ2v) is 5.12. The van der Waals surface area contributed by atoms with Gasteiger partial charge in [-0.2, -0.15) is 13.2 Å². The zero-order valence-corrected chi connectivity index (χ0v) is 11.1. The van der Waals surface area contributed by atoms with E-state index in [0.717, 1.165) is 31.5 Å². The molecule has 1 aliphatic rings. The van der Waals surface area contributed by atoms with E-state index in [1.54, 1.807) is 13.0 Å². The molecule has 1 aliphatic heterocycles. The van der Waals surface area contributed by atoms with Crippen molar-refractivity contribution in [1.82, 2.24) is 4.90 Å². The van der Waals surface area contributed by atoms with E-state index in [4.69, 9.17) is 4.74 Å². The van der Waals surface area contributed by atoms with E-state index in [0.29, 0.717) is 24.0 Å². The van der Waals surface area contributed by atoms with Gasteiger partial charge in [0, 0.05) is 6.04 Å². The predicted octanol–water partition coefficient (Wildman–Crippen LogP) is 3.49. The van der Waals surface area contributed by atoms with Gasteiger partial charge in [0.25, 0.3) is 0 Å². The van der Waals surface area contributed by atoms with Crippen molar-refractivity contribution in [3.8, 4) is 5.75 Å². The predicted molar refractivity (Wildman–Crippen MR) is 67.3 cm³/mol. The van der Waals surface area contributed by atoms with E-state index < -0.39 is 11.7 Å². The number of likely N-dealkylation sites (N-methyl/N-ethyl adjacent to an activating group) is 1. The van der Waals surface area contributed by atoms with E-state index >= 15 is 0 Å². The molecular weight excluding hydrogens is 255 g/mol. The molecule has 1 unspecified atom stereocenters. The summed E-state index contributed by atoms with van der Waals surface area (Å²) in [7, 11) is 2.01. The summed E-state index contributed by atoms with van der Waals surface area (Å²) in [5, 5.41) is 0. The van der Waals surface area contributed by atoms with Gasteiger partial charge < -0.3 is 9.64 Å².